The minimum absolute atomic E-state index is 0.0232. The summed E-state index contributed by atoms with van der Waals surface area (Å²) in [4.78, 5) is 29.2. The highest BCUT2D eigenvalue weighted by Gasteiger charge is 2.31. The van der Waals surface area contributed by atoms with Gasteiger partial charge in [0.2, 0.25) is 0 Å². The molecule has 4 nitrogen and oxygen atoms in total. The molecule has 0 bridgehead atoms. The number of pyridine rings is 1. The maximum Gasteiger partial charge on any atom is 0.270 e. The molecule has 2 aromatic rings. The molecular weight excluding hydrogens is 300 g/mol. The predicted molar refractivity (Wildman–Crippen MR) is 95.7 cm³/mol. The molecule has 1 aromatic heterocycles. The number of aromatic nitrogens is 1. The number of carbonyl (C=O) groups is 2. The zero-order chi connectivity index (χ0) is 17.7. The summed E-state index contributed by atoms with van der Waals surface area (Å²) in [7, 11) is 0. The zero-order valence-corrected chi connectivity index (χ0v) is 14.7. The molecule has 1 N–H and O–H groups in total. The second kappa shape index (κ2) is 7.39. The number of rotatable bonds is 5. The summed E-state index contributed by atoms with van der Waals surface area (Å²) in [6.07, 6.45) is 0.389. The van der Waals surface area contributed by atoms with E-state index in [1.54, 1.807) is 12.1 Å². The lowest BCUT2D eigenvalue weighted by atomic mass is 9.83. The van der Waals surface area contributed by atoms with Gasteiger partial charge in [-0.25, -0.2) is 4.98 Å². The van der Waals surface area contributed by atoms with Crippen LogP contribution in [-0.4, -0.2) is 22.7 Å². The first-order valence-electron chi connectivity index (χ1n) is 8.19. The number of hydrogen-bond donors (Lipinski definition) is 1. The lowest BCUT2D eigenvalue weighted by molar-refractivity contribution is -0.122. The molecular formula is C20H24N2O2. The van der Waals surface area contributed by atoms with Crippen LogP contribution in [0.4, 0.5) is 0 Å². The molecule has 2 rings (SSSR count). The van der Waals surface area contributed by atoms with Gasteiger partial charge in [0.25, 0.3) is 5.91 Å². The van der Waals surface area contributed by atoms with Gasteiger partial charge >= 0.3 is 0 Å². The van der Waals surface area contributed by atoms with Crippen molar-refractivity contribution in [2.75, 3.05) is 0 Å². The largest absolute Gasteiger partial charge is 0.340 e. The van der Waals surface area contributed by atoms with Crippen molar-refractivity contribution >= 4 is 11.7 Å². The Kier molecular flexibility index (Phi) is 5.50. The molecule has 1 atom stereocenters. The van der Waals surface area contributed by atoms with Crippen LogP contribution in [0.2, 0.25) is 0 Å². The van der Waals surface area contributed by atoms with Crippen molar-refractivity contribution < 1.29 is 9.59 Å². The zero-order valence-electron chi connectivity index (χ0n) is 14.7. The first-order chi connectivity index (χ1) is 11.3. The van der Waals surface area contributed by atoms with Gasteiger partial charge in [0.15, 0.2) is 5.78 Å². The summed E-state index contributed by atoms with van der Waals surface area (Å²) in [6.45, 7) is 7.64. The minimum Gasteiger partial charge on any atom is -0.340 e. The first kappa shape index (κ1) is 17.9. The number of Topliss-reactive ketones (excluding diaryl/α,β-unsaturated/α-hetero) is 1. The number of carbonyl (C=O) groups excluding carboxylic acids is 2. The number of ketones is 1. The second-order valence-electron chi connectivity index (χ2n) is 6.87. The highest BCUT2D eigenvalue weighted by molar-refractivity contribution is 5.97. The molecule has 0 saturated heterocycles. The lowest BCUT2D eigenvalue weighted by Crippen LogP contribution is -2.49. The van der Waals surface area contributed by atoms with E-state index in [9.17, 15) is 9.59 Å². The minimum atomic E-state index is -0.530. The van der Waals surface area contributed by atoms with Gasteiger partial charge in [-0.2, -0.15) is 0 Å². The van der Waals surface area contributed by atoms with Gasteiger partial charge in [-0.05, 0) is 17.5 Å². The maximum absolute atomic E-state index is 12.6. The van der Waals surface area contributed by atoms with E-state index in [0.717, 1.165) is 11.3 Å². The molecule has 0 aliphatic rings. The Morgan fingerprint density at radius 1 is 1.04 bits per heavy atom. The van der Waals surface area contributed by atoms with Crippen molar-refractivity contribution in [3.05, 3.63) is 54.2 Å². The van der Waals surface area contributed by atoms with Gasteiger partial charge in [-0.1, -0.05) is 64.1 Å². The molecule has 0 unspecified atom stereocenters. The van der Waals surface area contributed by atoms with Crippen molar-refractivity contribution in [2.45, 2.75) is 40.2 Å². The fourth-order valence-electron chi connectivity index (χ4n) is 2.52. The first-order valence-corrected chi connectivity index (χ1v) is 8.19. The van der Waals surface area contributed by atoms with E-state index in [1.165, 1.54) is 0 Å². The fourth-order valence-corrected chi connectivity index (χ4v) is 2.52. The Bertz CT molecular complexity index is 718. The van der Waals surface area contributed by atoms with Gasteiger partial charge in [0.1, 0.15) is 5.69 Å². The summed E-state index contributed by atoms with van der Waals surface area (Å²) in [5.41, 5.74) is 1.65. The highest BCUT2D eigenvalue weighted by atomic mass is 16.2. The summed E-state index contributed by atoms with van der Waals surface area (Å²) >= 11 is 0. The Morgan fingerprint density at radius 3 is 2.29 bits per heavy atom. The van der Waals surface area contributed by atoms with Crippen LogP contribution in [0.3, 0.4) is 0 Å². The summed E-state index contributed by atoms with van der Waals surface area (Å²) in [6, 6.07) is 14.5. The van der Waals surface area contributed by atoms with Crippen LogP contribution in [-0.2, 0) is 4.79 Å². The van der Waals surface area contributed by atoms with Crippen LogP contribution >= 0.6 is 0 Å². The Labute approximate surface area is 143 Å². The third-order valence-electron chi connectivity index (χ3n) is 3.86. The molecule has 0 aliphatic heterocycles. The molecule has 0 saturated carbocycles. The van der Waals surface area contributed by atoms with Gasteiger partial charge in [-0.3, -0.25) is 9.59 Å². The number of benzene rings is 1. The number of hydrogen-bond acceptors (Lipinski definition) is 3. The molecule has 1 amide bonds. The monoisotopic (exact) mass is 324 g/mol. The molecule has 0 spiro atoms. The van der Waals surface area contributed by atoms with Gasteiger partial charge in [0.05, 0.1) is 11.7 Å². The topological polar surface area (TPSA) is 59.1 Å². The van der Waals surface area contributed by atoms with Gasteiger partial charge in [-0.15, -0.1) is 0 Å². The quantitative estimate of drug-likeness (QED) is 0.908. The fraction of sp³-hybridized carbons (Fsp3) is 0.350. The molecule has 4 heteroatoms. The van der Waals surface area contributed by atoms with E-state index in [2.05, 4.69) is 10.3 Å². The van der Waals surface area contributed by atoms with Crippen molar-refractivity contribution in [3.8, 4) is 11.3 Å². The van der Waals surface area contributed by atoms with E-state index < -0.39 is 6.04 Å². The molecule has 1 heterocycles. The summed E-state index contributed by atoms with van der Waals surface area (Å²) < 4.78 is 0. The molecule has 0 radical (unpaired) electrons. The smallest absolute Gasteiger partial charge is 0.270 e. The van der Waals surface area contributed by atoms with Crippen molar-refractivity contribution in [3.63, 3.8) is 0 Å². The van der Waals surface area contributed by atoms with Crippen LogP contribution in [0.25, 0.3) is 11.3 Å². The molecule has 24 heavy (non-hydrogen) atoms. The van der Waals surface area contributed by atoms with E-state index in [-0.39, 0.29) is 17.1 Å². The van der Waals surface area contributed by atoms with E-state index in [0.29, 0.717) is 12.1 Å². The number of nitrogens with one attached hydrogen (secondary N) is 1. The number of amides is 1. The van der Waals surface area contributed by atoms with E-state index in [4.69, 9.17) is 0 Å². The third kappa shape index (κ3) is 4.28. The van der Waals surface area contributed by atoms with Crippen LogP contribution in [0.15, 0.2) is 48.5 Å². The van der Waals surface area contributed by atoms with Crippen molar-refractivity contribution in [1.82, 2.24) is 10.3 Å². The Hall–Kier alpha value is -2.49. The van der Waals surface area contributed by atoms with E-state index >= 15 is 0 Å². The van der Waals surface area contributed by atoms with Crippen molar-refractivity contribution in [2.24, 2.45) is 5.41 Å². The van der Waals surface area contributed by atoms with Crippen LogP contribution in [0, 0.1) is 5.41 Å². The molecule has 126 valence electrons. The average molecular weight is 324 g/mol. The van der Waals surface area contributed by atoms with Crippen LogP contribution in [0.5, 0.6) is 0 Å². The van der Waals surface area contributed by atoms with Gasteiger partial charge < -0.3 is 5.32 Å². The highest BCUT2D eigenvalue weighted by Crippen LogP contribution is 2.22. The summed E-state index contributed by atoms with van der Waals surface area (Å²) in [5.74, 6) is -0.301. The number of nitrogens with zero attached hydrogens (tertiary/aromatic N) is 1. The Balaban J connectivity index is 2.25. The predicted octanol–water partition coefficient (Wildman–Crippen LogP) is 3.87. The van der Waals surface area contributed by atoms with Crippen molar-refractivity contribution in [1.29, 1.82) is 0 Å². The normalized spacial score (nSPS) is 12.5. The standard InChI is InChI=1S/C20H24N2O2/c1-5-17(23)18(20(2,3)4)22-19(24)16-13-9-12-15(21-16)14-10-7-6-8-11-14/h6-13,18H,5H2,1-4H3,(H,22,24)/t18-/m1/s1. The van der Waals surface area contributed by atoms with Crippen LogP contribution < -0.4 is 5.32 Å². The van der Waals surface area contributed by atoms with Crippen LogP contribution in [0.1, 0.15) is 44.6 Å². The molecule has 0 aliphatic carbocycles. The molecule has 0 fully saturated rings. The van der Waals surface area contributed by atoms with E-state index in [1.807, 2.05) is 64.1 Å². The summed E-state index contributed by atoms with van der Waals surface area (Å²) in [5, 5.41) is 2.85. The molecule has 1 aromatic carbocycles. The third-order valence-corrected chi connectivity index (χ3v) is 3.86. The average Bonchev–Trinajstić information content (AvgIpc) is 2.58. The lowest BCUT2D eigenvalue weighted by Gasteiger charge is -2.30. The second-order valence-corrected chi connectivity index (χ2v) is 6.87. The SMILES string of the molecule is CCC(=O)[C@@H](NC(=O)c1cccc(-c2ccccc2)n1)C(C)(C)C. The maximum atomic E-state index is 12.6. The Morgan fingerprint density at radius 2 is 1.71 bits per heavy atom. The van der Waals surface area contributed by atoms with Gasteiger partial charge in [0, 0.05) is 12.0 Å².